The molecule has 1 aromatic heterocycles. The number of sulfonamides is 1. The van der Waals surface area contributed by atoms with Crippen LogP contribution in [-0.2, 0) is 21.4 Å². The number of aryl methyl sites for hydroxylation is 1. The fraction of sp³-hybridized carbons (Fsp3) is 0.318. The molecule has 9 heteroatoms. The summed E-state index contributed by atoms with van der Waals surface area (Å²) >= 11 is 0. The van der Waals surface area contributed by atoms with Gasteiger partial charge in [0, 0.05) is 5.56 Å². The SMILES string of the molecule is Cc1ccc(-c2noc(CNC(=O)CN(c3ccc(C(C)C)cc3)S(C)(=O)=O)n2)cc1. The Kier molecular flexibility index (Phi) is 6.74. The zero-order valence-corrected chi connectivity index (χ0v) is 18.8. The van der Waals surface area contributed by atoms with E-state index in [1.54, 1.807) is 12.1 Å². The van der Waals surface area contributed by atoms with Gasteiger partial charge in [0.15, 0.2) is 0 Å². The van der Waals surface area contributed by atoms with Gasteiger partial charge in [0.2, 0.25) is 27.6 Å². The number of benzene rings is 2. The summed E-state index contributed by atoms with van der Waals surface area (Å²) in [6.45, 7) is 5.75. The minimum Gasteiger partial charge on any atom is -0.345 e. The molecular weight excluding hydrogens is 416 g/mol. The molecule has 0 aliphatic carbocycles. The van der Waals surface area contributed by atoms with Crippen molar-refractivity contribution in [3.63, 3.8) is 0 Å². The molecule has 31 heavy (non-hydrogen) atoms. The molecule has 164 valence electrons. The number of carbonyl (C=O) groups is 1. The van der Waals surface area contributed by atoms with Gasteiger partial charge in [-0.1, -0.05) is 61.0 Å². The highest BCUT2D eigenvalue weighted by atomic mass is 32.2. The molecule has 1 amide bonds. The summed E-state index contributed by atoms with van der Waals surface area (Å²) in [5.41, 5.74) is 3.44. The minimum absolute atomic E-state index is 0.00157. The van der Waals surface area contributed by atoms with Crippen LogP contribution in [0, 0.1) is 6.92 Å². The predicted molar refractivity (Wildman–Crippen MR) is 119 cm³/mol. The highest BCUT2D eigenvalue weighted by Gasteiger charge is 2.21. The van der Waals surface area contributed by atoms with E-state index in [0.717, 1.165) is 27.3 Å². The molecule has 0 bridgehead atoms. The Morgan fingerprint density at radius 3 is 2.32 bits per heavy atom. The van der Waals surface area contributed by atoms with E-state index in [9.17, 15) is 13.2 Å². The van der Waals surface area contributed by atoms with Crippen molar-refractivity contribution in [3.05, 3.63) is 65.5 Å². The van der Waals surface area contributed by atoms with Gasteiger partial charge in [-0.25, -0.2) is 8.42 Å². The summed E-state index contributed by atoms with van der Waals surface area (Å²) in [5, 5.41) is 6.55. The normalized spacial score (nSPS) is 11.5. The average molecular weight is 443 g/mol. The van der Waals surface area contributed by atoms with Crippen molar-refractivity contribution in [2.45, 2.75) is 33.2 Å². The van der Waals surface area contributed by atoms with Gasteiger partial charge in [-0.3, -0.25) is 9.10 Å². The van der Waals surface area contributed by atoms with Crippen LogP contribution in [0.1, 0.15) is 36.8 Å². The van der Waals surface area contributed by atoms with Crippen LogP contribution in [0.25, 0.3) is 11.4 Å². The van der Waals surface area contributed by atoms with E-state index >= 15 is 0 Å². The van der Waals surface area contributed by atoms with Crippen LogP contribution in [0.2, 0.25) is 0 Å². The molecule has 0 saturated carbocycles. The van der Waals surface area contributed by atoms with Crippen molar-refractivity contribution in [1.29, 1.82) is 0 Å². The third kappa shape index (κ3) is 5.91. The van der Waals surface area contributed by atoms with Crippen molar-refractivity contribution < 1.29 is 17.7 Å². The molecule has 0 fully saturated rings. The van der Waals surface area contributed by atoms with E-state index in [4.69, 9.17) is 4.52 Å². The second-order valence-corrected chi connectivity index (χ2v) is 9.58. The summed E-state index contributed by atoms with van der Waals surface area (Å²) < 4.78 is 30.8. The molecule has 0 saturated heterocycles. The van der Waals surface area contributed by atoms with Crippen LogP contribution in [0.3, 0.4) is 0 Å². The van der Waals surface area contributed by atoms with E-state index in [-0.39, 0.29) is 19.0 Å². The van der Waals surface area contributed by atoms with Gasteiger partial charge in [-0.15, -0.1) is 0 Å². The highest BCUT2D eigenvalue weighted by Crippen LogP contribution is 2.22. The first-order valence-corrected chi connectivity index (χ1v) is 11.7. The molecule has 3 aromatic rings. The zero-order chi connectivity index (χ0) is 22.6. The molecule has 0 aliphatic rings. The molecule has 0 spiro atoms. The number of nitrogens with zero attached hydrogens (tertiary/aromatic N) is 3. The fourth-order valence-electron chi connectivity index (χ4n) is 2.93. The van der Waals surface area contributed by atoms with E-state index in [1.807, 2.05) is 43.3 Å². The Bertz CT molecular complexity index is 1140. The third-order valence-electron chi connectivity index (χ3n) is 4.75. The molecule has 0 atom stereocenters. The zero-order valence-electron chi connectivity index (χ0n) is 18.0. The molecule has 1 heterocycles. The number of hydrogen-bond acceptors (Lipinski definition) is 6. The quantitative estimate of drug-likeness (QED) is 0.574. The topological polar surface area (TPSA) is 105 Å². The van der Waals surface area contributed by atoms with Crippen LogP contribution in [0.4, 0.5) is 5.69 Å². The Balaban J connectivity index is 1.64. The number of rotatable bonds is 8. The fourth-order valence-corrected chi connectivity index (χ4v) is 3.79. The second kappa shape index (κ2) is 9.30. The number of nitrogens with one attached hydrogen (secondary N) is 1. The standard InChI is InChI=1S/C22H26N4O4S/c1-15(2)17-9-11-19(12-10-17)26(31(4,28)29)14-20(27)23-13-21-24-22(25-30-21)18-7-5-16(3)6-8-18/h5-12,15H,13-14H2,1-4H3,(H,23,27). The largest absolute Gasteiger partial charge is 0.345 e. The van der Waals surface area contributed by atoms with Crippen molar-refractivity contribution in [1.82, 2.24) is 15.5 Å². The van der Waals surface area contributed by atoms with Crippen molar-refractivity contribution in [2.24, 2.45) is 0 Å². The molecular formula is C22H26N4O4S. The van der Waals surface area contributed by atoms with E-state index in [1.165, 1.54) is 0 Å². The van der Waals surface area contributed by atoms with Gasteiger partial charge < -0.3 is 9.84 Å². The third-order valence-corrected chi connectivity index (χ3v) is 5.89. The summed E-state index contributed by atoms with van der Waals surface area (Å²) in [7, 11) is -3.64. The van der Waals surface area contributed by atoms with E-state index < -0.39 is 15.9 Å². The van der Waals surface area contributed by atoms with Crippen LogP contribution in [0.5, 0.6) is 0 Å². The van der Waals surface area contributed by atoms with Gasteiger partial charge in [0.25, 0.3) is 0 Å². The molecule has 0 aliphatic heterocycles. The Hall–Kier alpha value is -3.20. The van der Waals surface area contributed by atoms with Crippen LogP contribution >= 0.6 is 0 Å². The van der Waals surface area contributed by atoms with Crippen LogP contribution in [0.15, 0.2) is 53.1 Å². The highest BCUT2D eigenvalue weighted by molar-refractivity contribution is 7.92. The Morgan fingerprint density at radius 2 is 1.74 bits per heavy atom. The summed E-state index contributed by atoms with van der Waals surface area (Å²) in [4.78, 5) is 16.7. The lowest BCUT2D eigenvalue weighted by Crippen LogP contribution is -2.40. The first-order chi connectivity index (χ1) is 14.6. The number of amides is 1. The summed E-state index contributed by atoms with van der Waals surface area (Å²) in [6.07, 6.45) is 1.07. The Morgan fingerprint density at radius 1 is 1.10 bits per heavy atom. The monoisotopic (exact) mass is 442 g/mol. The summed E-state index contributed by atoms with van der Waals surface area (Å²) in [5.74, 6) is 0.500. The lowest BCUT2D eigenvalue weighted by Gasteiger charge is -2.22. The average Bonchev–Trinajstić information content (AvgIpc) is 3.19. The number of aromatic nitrogens is 2. The van der Waals surface area contributed by atoms with Crippen molar-refractivity contribution in [3.8, 4) is 11.4 Å². The van der Waals surface area contributed by atoms with Gasteiger partial charge in [0.05, 0.1) is 18.5 Å². The first-order valence-electron chi connectivity index (χ1n) is 9.87. The van der Waals surface area contributed by atoms with Gasteiger partial charge in [-0.2, -0.15) is 4.98 Å². The maximum atomic E-state index is 12.4. The van der Waals surface area contributed by atoms with Gasteiger partial charge in [-0.05, 0) is 30.5 Å². The van der Waals surface area contributed by atoms with Crippen LogP contribution in [-0.4, -0.2) is 37.3 Å². The molecule has 8 nitrogen and oxygen atoms in total. The molecule has 0 radical (unpaired) electrons. The number of anilines is 1. The maximum Gasteiger partial charge on any atom is 0.246 e. The van der Waals surface area contributed by atoms with Crippen molar-refractivity contribution in [2.75, 3.05) is 17.1 Å². The maximum absolute atomic E-state index is 12.4. The smallest absolute Gasteiger partial charge is 0.246 e. The molecule has 1 N–H and O–H groups in total. The first kappa shape index (κ1) is 22.5. The lowest BCUT2D eigenvalue weighted by molar-refractivity contribution is -0.119. The second-order valence-electron chi connectivity index (χ2n) is 7.67. The van der Waals surface area contributed by atoms with Crippen molar-refractivity contribution >= 4 is 21.6 Å². The Labute approximate surface area is 182 Å². The number of hydrogen-bond donors (Lipinski definition) is 1. The van der Waals surface area contributed by atoms with E-state index in [2.05, 4.69) is 29.3 Å². The minimum atomic E-state index is -3.64. The number of carbonyl (C=O) groups excluding carboxylic acids is 1. The molecule has 3 rings (SSSR count). The van der Waals surface area contributed by atoms with Crippen LogP contribution < -0.4 is 9.62 Å². The van der Waals surface area contributed by atoms with E-state index in [0.29, 0.717) is 17.4 Å². The lowest BCUT2D eigenvalue weighted by atomic mass is 10.0. The molecule has 0 unspecified atom stereocenters. The molecule has 2 aromatic carbocycles. The van der Waals surface area contributed by atoms with Gasteiger partial charge >= 0.3 is 0 Å². The summed E-state index contributed by atoms with van der Waals surface area (Å²) in [6, 6.07) is 14.8. The van der Waals surface area contributed by atoms with Gasteiger partial charge in [0.1, 0.15) is 6.54 Å². The predicted octanol–water partition coefficient (Wildman–Crippen LogP) is 3.25.